The number of thiazole rings is 1. The predicted octanol–water partition coefficient (Wildman–Crippen LogP) is 3.29. The van der Waals surface area contributed by atoms with Gasteiger partial charge >= 0.3 is 0 Å². The maximum absolute atomic E-state index is 12.9. The summed E-state index contributed by atoms with van der Waals surface area (Å²) in [6.45, 7) is 11.3. The molecule has 1 aromatic heterocycles. The molecule has 10 heteroatoms. The van der Waals surface area contributed by atoms with Gasteiger partial charge in [-0.3, -0.25) is 0 Å². The highest BCUT2D eigenvalue weighted by Crippen LogP contribution is 2.35. The normalized spacial score (nSPS) is 15.4. The predicted molar refractivity (Wildman–Crippen MR) is 119 cm³/mol. The van der Waals surface area contributed by atoms with Crippen LogP contribution in [0.3, 0.4) is 0 Å². The van der Waals surface area contributed by atoms with E-state index >= 15 is 0 Å². The number of rotatable bonds is 7. The fourth-order valence-electron chi connectivity index (χ4n) is 2.81. The topological polar surface area (TPSA) is 147 Å². The molecule has 0 aliphatic carbocycles. The Labute approximate surface area is 176 Å². The number of benzene rings is 1. The average molecular weight is 442 g/mol. The lowest BCUT2D eigenvalue weighted by Crippen LogP contribution is -2.24. The molecule has 1 heterocycles. The molecule has 8 nitrogen and oxygen atoms in total. The molecule has 2 atom stereocenters. The number of anilines is 2. The van der Waals surface area contributed by atoms with Crippen LogP contribution in [0.5, 0.6) is 0 Å². The van der Waals surface area contributed by atoms with Crippen LogP contribution in [0.2, 0.25) is 0 Å². The van der Waals surface area contributed by atoms with Gasteiger partial charge in [0.1, 0.15) is 0 Å². The third kappa shape index (κ3) is 5.67. The largest absolute Gasteiger partial charge is 0.399 e. The van der Waals surface area contributed by atoms with Crippen LogP contribution in [-0.2, 0) is 15.5 Å². The third-order valence-electron chi connectivity index (χ3n) is 4.33. The smallest absolute Gasteiger partial charge is 0.233 e. The van der Waals surface area contributed by atoms with Gasteiger partial charge in [-0.15, -0.1) is 11.3 Å². The summed E-state index contributed by atoms with van der Waals surface area (Å²) in [6.07, 6.45) is -0.101. The minimum Gasteiger partial charge on any atom is -0.399 e. The first-order chi connectivity index (χ1) is 13.2. The molecule has 0 aliphatic rings. The van der Waals surface area contributed by atoms with Crippen LogP contribution in [0.25, 0.3) is 0 Å². The number of nitrogens with two attached hydrogens (primary N) is 2. The molecule has 0 bridgehead atoms. The molecule has 1 aromatic carbocycles. The molecule has 29 heavy (non-hydrogen) atoms. The number of aromatic nitrogens is 1. The molecule has 2 unspecified atom stereocenters. The fraction of sp³-hybridized carbons (Fsp3) is 0.526. The summed E-state index contributed by atoms with van der Waals surface area (Å²) in [7, 11) is -3.46. The van der Waals surface area contributed by atoms with Gasteiger partial charge in [-0.1, -0.05) is 27.7 Å². The molecule has 0 saturated carbocycles. The maximum Gasteiger partial charge on any atom is 0.233 e. The second kappa shape index (κ2) is 8.57. The molecule has 7 N–H and O–H groups in total. The van der Waals surface area contributed by atoms with Crippen LogP contribution in [0.1, 0.15) is 69.4 Å². The van der Waals surface area contributed by atoms with Crippen molar-refractivity contribution in [1.82, 2.24) is 4.98 Å². The molecule has 162 valence electrons. The van der Waals surface area contributed by atoms with Crippen molar-refractivity contribution in [2.75, 3.05) is 11.1 Å². The van der Waals surface area contributed by atoms with E-state index in [1.807, 2.05) is 39.8 Å². The van der Waals surface area contributed by atoms with E-state index < -0.39 is 21.9 Å². The van der Waals surface area contributed by atoms with Crippen LogP contribution in [0.15, 0.2) is 27.0 Å². The Balaban J connectivity index is 2.43. The monoisotopic (exact) mass is 441 g/mol. The Hall–Kier alpha value is -1.72. The van der Waals surface area contributed by atoms with Crippen molar-refractivity contribution in [2.24, 2.45) is 9.50 Å². The van der Waals surface area contributed by atoms with Gasteiger partial charge in [-0.2, -0.15) is 4.36 Å². The Bertz CT molecular complexity index is 957. The van der Waals surface area contributed by atoms with Crippen LogP contribution in [-0.4, -0.2) is 25.8 Å². The van der Waals surface area contributed by atoms with Crippen LogP contribution < -0.4 is 16.2 Å². The molecule has 2 aromatic rings. The first-order valence-corrected chi connectivity index (χ1v) is 11.7. The molecule has 0 saturated heterocycles. The zero-order chi connectivity index (χ0) is 22.1. The van der Waals surface area contributed by atoms with Crippen molar-refractivity contribution in [3.63, 3.8) is 0 Å². The van der Waals surface area contributed by atoms with E-state index in [1.165, 1.54) is 6.20 Å². The van der Waals surface area contributed by atoms with Crippen molar-refractivity contribution < 1.29 is 14.4 Å². The summed E-state index contributed by atoms with van der Waals surface area (Å²) in [5.41, 5.74) is 8.09. The molecule has 0 amide bonds. The third-order valence-corrected chi connectivity index (χ3v) is 7.52. The highest BCUT2D eigenvalue weighted by Gasteiger charge is 2.24. The zero-order valence-corrected chi connectivity index (χ0v) is 19.3. The Kier molecular flexibility index (Phi) is 6.96. The van der Waals surface area contributed by atoms with E-state index in [0.717, 1.165) is 22.5 Å². The van der Waals surface area contributed by atoms with Crippen molar-refractivity contribution in [2.45, 2.75) is 69.7 Å². The van der Waals surface area contributed by atoms with Crippen molar-refractivity contribution in [3.05, 3.63) is 34.3 Å². The number of hydrogen-bond donors (Lipinski definition) is 5. The van der Waals surface area contributed by atoms with E-state index in [2.05, 4.69) is 14.7 Å². The summed E-state index contributed by atoms with van der Waals surface area (Å²) in [6, 6.07) is 3.70. The summed E-state index contributed by atoms with van der Waals surface area (Å²) in [4.78, 5) is 4.53. The fourth-order valence-corrected chi connectivity index (χ4v) is 4.98. The van der Waals surface area contributed by atoms with Gasteiger partial charge in [0, 0.05) is 17.6 Å². The van der Waals surface area contributed by atoms with E-state index in [9.17, 15) is 14.4 Å². The number of aliphatic hydroxyl groups excluding tert-OH is 1. The number of nitrogens with one attached hydrogen (secondary N) is 1. The molecule has 0 fully saturated rings. The summed E-state index contributed by atoms with van der Waals surface area (Å²) < 4.78 is 16.8. The standard InChI is InChI=1S/C19H31N5O3S2/c1-10(2)13-7-12(20)8-14(11(3)4)16(13)23-17(25)24-29(21,27)18-22-9-15(28-18)19(5,6)26/h7-11,17,23,25-26H,20H2,1-6H3,(H2,21,24,27). The average Bonchev–Trinajstić information content (AvgIpc) is 3.06. The van der Waals surface area contributed by atoms with Gasteiger partial charge in [0.25, 0.3) is 0 Å². The van der Waals surface area contributed by atoms with Gasteiger partial charge < -0.3 is 21.3 Å². The van der Waals surface area contributed by atoms with Gasteiger partial charge in [0.15, 0.2) is 9.92 Å². The van der Waals surface area contributed by atoms with Gasteiger partial charge in [0.05, 0.1) is 10.5 Å². The lowest BCUT2D eigenvalue weighted by Gasteiger charge is -2.23. The summed E-state index contributed by atoms with van der Waals surface area (Å²) in [5, 5.41) is 29.4. The highest BCUT2D eigenvalue weighted by molar-refractivity contribution is 7.93. The number of hydrogen-bond acceptors (Lipinski definition) is 8. The van der Waals surface area contributed by atoms with Crippen LogP contribution >= 0.6 is 11.3 Å². The SMILES string of the molecule is CC(C)c1cc(N)cc(C(C)C)c1NC(O)N=S(N)(=O)c1ncc(C(C)(C)O)s1. The second-order valence-electron chi connectivity index (χ2n) is 8.13. The molecule has 0 radical (unpaired) electrons. The summed E-state index contributed by atoms with van der Waals surface area (Å²) in [5.74, 6) is 0.280. The molecule has 2 rings (SSSR count). The number of nitrogen functional groups attached to an aromatic ring is 1. The Morgan fingerprint density at radius 2 is 1.72 bits per heavy atom. The van der Waals surface area contributed by atoms with Crippen molar-refractivity contribution >= 4 is 32.6 Å². The van der Waals surface area contributed by atoms with Crippen LogP contribution in [0.4, 0.5) is 11.4 Å². The van der Waals surface area contributed by atoms with E-state index in [0.29, 0.717) is 16.3 Å². The van der Waals surface area contributed by atoms with E-state index in [4.69, 9.17) is 10.9 Å². The molecular formula is C19H31N5O3S2. The molecule has 0 spiro atoms. The first-order valence-electron chi connectivity index (χ1n) is 9.33. The molecule has 0 aliphatic heterocycles. The number of nitrogens with zero attached hydrogens (tertiary/aromatic N) is 2. The van der Waals surface area contributed by atoms with Crippen LogP contribution in [0, 0.1) is 0 Å². The summed E-state index contributed by atoms with van der Waals surface area (Å²) >= 11 is 1.00. The minimum absolute atomic E-state index is 0.0425. The number of aliphatic hydroxyl groups is 2. The van der Waals surface area contributed by atoms with Gasteiger partial charge in [-0.05, 0) is 48.9 Å². The lowest BCUT2D eigenvalue weighted by molar-refractivity contribution is 0.0823. The van der Waals surface area contributed by atoms with Crippen molar-refractivity contribution in [1.29, 1.82) is 0 Å². The second-order valence-corrected chi connectivity index (χ2v) is 11.1. The lowest BCUT2D eigenvalue weighted by atomic mass is 9.92. The van der Waals surface area contributed by atoms with E-state index in [-0.39, 0.29) is 16.2 Å². The highest BCUT2D eigenvalue weighted by atomic mass is 32.2. The van der Waals surface area contributed by atoms with Crippen molar-refractivity contribution in [3.8, 4) is 0 Å². The Morgan fingerprint density at radius 1 is 1.21 bits per heavy atom. The van der Waals surface area contributed by atoms with Gasteiger partial charge in [0.2, 0.25) is 10.7 Å². The molecular weight excluding hydrogens is 410 g/mol. The minimum atomic E-state index is -3.46. The quantitative estimate of drug-likeness (QED) is 0.329. The maximum atomic E-state index is 12.9. The van der Waals surface area contributed by atoms with Gasteiger partial charge in [-0.25, -0.2) is 14.3 Å². The Morgan fingerprint density at radius 3 is 2.14 bits per heavy atom. The first kappa shape index (κ1) is 23.6. The van der Waals surface area contributed by atoms with E-state index in [1.54, 1.807) is 13.8 Å². The zero-order valence-electron chi connectivity index (χ0n) is 17.6.